The quantitative estimate of drug-likeness (QED) is 0.710. The highest BCUT2D eigenvalue weighted by Crippen LogP contribution is 2.13. The van der Waals surface area contributed by atoms with E-state index in [0.717, 1.165) is 5.56 Å². The Kier molecular flexibility index (Phi) is 4.25. The fourth-order valence-electron chi connectivity index (χ4n) is 1.35. The number of halogens is 1. The van der Waals surface area contributed by atoms with Gasteiger partial charge in [-0.3, -0.25) is 4.79 Å². The van der Waals surface area contributed by atoms with E-state index in [4.69, 9.17) is 5.11 Å². The third-order valence-electron chi connectivity index (χ3n) is 1.99. The molecule has 0 saturated heterocycles. The minimum absolute atomic E-state index is 0.0786. The lowest BCUT2D eigenvalue weighted by Crippen LogP contribution is -2.22. The van der Waals surface area contributed by atoms with Crippen LogP contribution in [0.2, 0.25) is 0 Å². The SMILES string of the molecule is Cc1cc(F)cc(NCC(O)CC(=O)O)c1. The van der Waals surface area contributed by atoms with Crippen molar-refractivity contribution in [2.24, 2.45) is 0 Å². The Labute approximate surface area is 92.7 Å². The summed E-state index contributed by atoms with van der Waals surface area (Å²) in [6, 6.07) is 4.40. The molecule has 16 heavy (non-hydrogen) atoms. The number of aliphatic hydroxyl groups is 1. The number of aliphatic hydroxyl groups excluding tert-OH is 1. The summed E-state index contributed by atoms with van der Waals surface area (Å²) < 4.78 is 13.0. The van der Waals surface area contributed by atoms with Gasteiger partial charge in [-0.25, -0.2) is 4.39 Å². The number of rotatable bonds is 5. The molecule has 4 nitrogen and oxygen atoms in total. The van der Waals surface area contributed by atoms with Crippen LogP contribution >= 0.6 is 0 Å². The van der Waals surface area contributed by atoms with Crippen molar-refractivity contribution in [1.29, 1.82) is 0 Å². The summed E-state index contributed by atoms with van der Waals surface area (Å²) in [4.78, 5) is 10.3. The first-order valence-electron chi connectivity index (χ1n) is 4.88. The number of carbonyl (C=O) groups is 1. The van der Waals surface area contributed by atoms with Gasteiger partial charge < -0.3 is 15.5 Å². The highest BCUT2D eigenvalue weighted by Gasteiger charge is 2.09. The normalized spacial score (nSPS) is 12.2. The predicted molar refractivity (Wildman–Crippen MR) is 57.9 cm³/mol. The average Bonchev–Trinajstić information content (AvgIpc) is 2.12. The van der Waals surface area contributed by atoms with Crippen LogP contribution in [0.25, 0.3) is 0 Å². The van der Waals surface area contributed by atoms with E-state index in [1.165, 1.54) is 12.1 Å². The van der Waals surface area contributed by atoms with Gasteiger partial charge >= 0.3 is 5.97 Å². The second kappa shape index (κ2) is 5.46. The topological polar surface area (TPSA) is 69.6 Å². The molecule has 88 valence electrons. The summed E-state index contributed by atoms with van der Waals surface area (Å²) in [6.07, 6.45) is -1.32. The van der Waals surface area contributed by atoms with Crippen molar-refractivity contribution < 1.29 is 19.4 Å². The number of carboxylic acid groups (broad SMARTS) is 1. The third-order valence-corrected chi connectivity index (χ3v) is 1.99. The smallest absolute Gasteiger partial charge is 0.306 e. The van der Waals surface area contributed by atoms with Crippen LogP contribution < -0.4 is 5.32 Å². The first-order valence-corrected chi connectivity index (χ1v) is 4.88. The van der Waals surface area contributed by atoms with Crippen LogP contribution in [-0.4, -0.2) is 28.8 Å². The van der Waals surface area contributed by atoms with Gasteiger partial charge in [0.2, 0.25) is 0 Å². The average molecular weight is 227 g/mol. The van der Waals surface area contributed by atoms with Crippen molar-refractivity contribution in [1.82, 2.24) is 0 Å². The van der Waals surface area contributed by atoms with Crippen LogP contribution in [-0.2, 0) is 4.79 Å². The molecular formula is C11H14FNO3. The molecule has 1 rings (SSSR count). The molecule has 0 radical (unpaired) electrons. The maximum absolute atomic E-state index is 13.0. The number of benzene rings is 1. The molecular weight excluding hydrogens is 213 g/mol. The molecule has 0 aliphatic rings. The van der Waals surface area contributed by atoms with Crippen molar-refractivity contribution in [2.75, 3.05) is 11.9 Å². The molecule has 3 N–H and O–H groups in total. The summed E-state index contributed by atoms with van der Waals surface area (Å²) in [5, 5.41) is 20.5. The molecule has 1 atom stereocenters. The molecule has 1 unspecified atom stereocenters. The van der Waals surface area contributed by atoms with Gasteiger partial charge in [-0.1, -0.05) is 0 Å². The number of nitrogens with one attached hydrogen (secondary N) is 1. The Morgan fingerprint density at radius 1 is 1.50 bits per heavy atom. The minimum Gasteiger partial charge on any atom is -0.481 e. The zero-order chi connectivity index (χ0) is 12.1. The monoisotopic (exact) mass is 227 g/mol. The third kappa shape index (κ3) is 4.27. The summed E-state index contributed by atoms with van der Waals surface area (Å²) in [6.45, 7) is 1.83. The molecule has 1 aromatic rings. The molecule has 0 amide bonds. The van der Waals surface area contributed by atoms with Crippen molar-refractivity contribution in [2.45, 2.75) is 19.4 Å². The number of aliphatic carboxylic acids is 1. The van der Waals surface area contributed by atoms with E-state index in [1.54, 1.807) is 13.0 Å². The summed E-state index contributed by atoms with van der Waals surface area (Å²) in [5.74, 6) is -1.43. The Morgan fingerprint density at radius 3 is 2.75 bits per heavy atom. The van der Waals surface area contributed by atoms with Crippen LogP contribution in [0.1, 0.15) is 12.0 Å². The summed E-state index contributed by atoms with van der Waals surface area (Å²) in [7, 11) is 0. The van der Waals surface area contributed by atoms with Gasteiger partial charge in [-0.15, -0.1) is 0 Å². The lowest BCUT2D eigenvalue weighted by molar-refractivity contribution is -0.138. The maximum atomic E-state index is 13.0. The van der Waals surface area contributed by atoms with Crippen LogP contribution in [0.4, 0.5) is 10.1 Å². The van der Waals surface area contributed by atoms with Gasteiger partial charge in [0.05, 0.1) is 12.5 Å². The van der Waals surface area contributed by atoms with Crippen molar-refractivity contribution in [3.05, 3.63) is 29.6 Å². The van der Waals surface area contributed by atoms with E-state index in [0.29, 0.717) is 5.69 Å². The summed E-state index contributed by atoms with van der Waals surface area (Å²) >= 11 is 0. The summed E-state index contributed by atoms with van der Waals surface area (Å²) in [5.41, 5.74) is 1.29. The Morgan fingerprint density at radius 2 is 2.19 bits per heavy atom. The van der Waals surface area contributed by atoms with Gasteiger partial charge in [0.25, 0.3) is 0 Å². The number of hydrogen-bond donors (Lipinski definition) is 3. The van der Waals surface area contributed by atoms with Gasteiger partial charge in [0.15, 0.2) is 0 Å². The largest absolute Gasteiger partial charge is 0.481 e. The fraction of sp³-hybridized carbons (Fsp3) is 0.364. The van der Waals surface area contributed by atoms with Crippen LogP contribution in [0.5, 0.6) is 0 Å². The molecule has 0 heterocycles. The Balaban J connectivity index is 2.51. The van der Waals surface area contributed by atoms with Gasteiger partial charge in [-0.2, -0.15) is 0 Å². The number of carboxylic acids is 1. The molecule has 0 aliphatic carbocycles. The van der Waals surface area contributed by atoms with Crippen molar-refractivity contribution in [3.8, 4) is 0 Å². The number of aryl methyl sites for hydroxylation is 1. The highest BCUT2D eigenvalue weighted by atomic mass is 19.1. The Hall–Kier alpha value is -1.62. The van der Waals surface area contributed by atoms with E-state index in [2.05, 4.69) is 5.32 Å². The first kappa shape index (κ1) is 12.4. The zero-order valence-electron chi connectivity index (χ0n) is 8.90. The minimum atomic E-state index is -1.07. The van der Waals surface area contributed by atoms with E-state index >= 15 is 0 Å². The van der Waals surface area contributed by atoms with E-state index < -0.39 is 12.1 Å². The second-order valence-corrected chi connectivity index (χ2v) is 3.65. The standard InChI is InChI=1S/C11H14FNO3/c1-7-2-8(12)4-9(3-7)13-6-10(14)5-11(15)16/h2-4,10,13-14H,5-6H2,1H3,(H,15,16). The van der Waals surface area contributed by atoms with Crippen molar-refractivity contribution in [3.63, 3.8) is 0 Å². The maximum Gasteiger partial charge on any atom is 0.306 e. The number of anilines is 1. The molecule has 0 aliphatic heterocycles. The number of hydrogen-bond acceptors (Lipinski definition) is 3. The molecule has 5 heteroatoms. The second-order valence-electron chi connectivity index (χ2n) is 3.65. The molecule has 0 saturated carbocycles. The molecule has 1 aromatic carbocycles. The van der Waals surface area contributed by atoms with Gasteiger partial charge in [-0.05, 0) is 30.7 Å². The van der Waals surface area contributed by atoms with E-state index in [9.17, 15) is 14.3 Å². The fourth-order valence-corrected chi connectivity index (χ4v) is 1.35. The highest BCUT2D eigenvalue weighted by molar-refractivity contribution is 5.67. The van der Waals surface area contributed by atoms with Crippen LogP contribution in [0.3, 0.4) is 0 Å². The first-order chi connectivity index (χ1) is 7.47. The van der Waals surface area contributed by atoms with E-state index in [1.807, 2.05) is 0 Å². The molecule has 0 fully saturated rings. The zero-order valence-corrected chi connectivity index (χ0v) is 8.90. The van der Waals surface area contributed by atoms with Crippen LogP contribution in [0.15, 0.2) is 18.2 Å². The van der Waals surface area contributed by atoms with Gasteiger partial charge in [0.1, 0.15) is 5.82 Å². The van der Waals surface area contributed by atoms with E-state index in [-0.39, 0.29) is 18.8 Å². The lowest BCUT2D eigenvalue weighted by Gasteiger charge is -2.11. The Bertz CT molecular complexity index is 361. The van der Waals surface area contributed by atoms with Crippen LogP contribution in [0, 0.1) is 12.7 Å². The predicted octanol–water partition coefficient (Wildman–Crippen LogP) is 1.38. The van der Waals surface area contributed by atoms with Crippen molar-refractivity contribution >= 4 is 11.7 Å². The van der Waals surface area contributed by atoms with Gasteiger partial charge in [0, 0.05) is 12.2 Å². The molecule has 0 spiro atoms. The molecule has 0 aromatic heterocycles. The lowest BCUT2D eigenvalue weighted by atomic mass is 10.2. The molecule has 0 bridgehead atoms.